The summed E-state index contributed by atoms with van der Waals surface area (Å²) in [5, 5.41) is 5.61. The van der Waals surface area contributed by atoms with Crippen LogP contribution < -0.4 is 15.5 Å². The molecule has 3 aromatic carbocycles. The molecule has 0 aromatic heterocycles. The van der Waals surface area contributed by atoms with Gasteiger partial charge in [0.15, 0.2) is 0 Å². The maximum atomic E-state index is 14.0. The van der Waals surface area contributed by atoms with Crippen molar-refractivity contribution >= 4 is 29.1 Å². The third kappa shape index (κ3) is 7.00. The normalized spacial score (nSPS) is 17.8. The number of fused-ring (bicyclic) bond motifs is 1. The van der Waals surface area contributed by atoms with E-state index in [1.54, 1.807) is 29.2 Å². The van der Waals surface area contributed by atoms with Crippen molar-refractivity contribution in [1.29, 1.82) is 0 Å². The molecule has 0 fully saturated rings. The second-order valence-electron chi connectivity index (χ2n) is 11.6. The van der Waals surface area contributed by atoms with Crippen molar-refractivity contribution in [2.24, 2.45) is 5.41 Å². The predicted molar refractivity (Wildman–Crippen MR) is 163 cm³/mol. The summed E-state index contributed by atoms with van der Waals surface area (Å²) >= 11 is 0. The fourth-order valence-electron chi connectivity index (χ4n) is 5.90. The number of hydrogen-bond acceptors (Lipinski definition) is 4. The largest absolute Gasteiger partial charge is 0.352 e. The van der Waals surface area contributed by atoms with Gasteiger partial charge in [-0.3, -0.25) is 14.4 Å². The van der Waals surface area contributed by atoms with Crippen LogP contribution in [0.2, 0.25) is 0 Å². The maximum absolute atomic E-state index is 14.0. The van der Waals surface area contributed by atoms with Crippen molar-refractivity contribution in [2.45, 2.75) is 32.1 Å². The summed E-state index contributed by atoms with van der Waals surface area (Å²) in [5.41, 5.74) is 2.89. The topological polar surface area (TPSA) is 81.8 Å². The summed E-state index contributed by atoms with van der Waals surface area (Å²) in [5.74, 6) is -2.51. The first-order valence-corrected chi connectivity index (χ1v) is 14.5. The smallest absolute Gasteiger partial charge is 0.258 e. The zero-order valence-corrected chi connectivity index (χ0v) is 24.5. The number of anilines is 2. The van der Waals surface area contributed by atoms with E-state index in [1.165, 1.54) is 0 Å². The molecule has 1 atom stereocenters. The van der Waals surface area contributed by atoms with Crippen LogP contribution in [-0.4, -0.2) is 56.4 Å². The quantitative estimate of drug-likeness (QED) is 0.338. The monoisotopic (exact) mass is 586 g/mol. The number of amides is 3. The van der Waals surface area contributed by atoms with Gasteiger partial charge in [-0.05, 0) is 112 Å². The van der Waals surface area contributed by atoms with Gasteiger partial charge in [-0.1, -0.05) is 24.3 Å². The molecule has 1 heterocycles. The summed E-state index contributed by atoms with van der Waals surface area (Å²) in [7, 11) is 4.02. The molecule has 1 unspecified atom stereocenters. The number of allylic oxidation sites excluding steroid dienone is 1. The highest BCUT2D eigenvalue weighted by Gasteiger charge is 2.39. The van der Waals surface area contributed by atoms with E-state index in [0.29, 0.717) is 30.8 Å². The lowest BCUT2D eigenvalue weighted by atomic mass is 9.79. The first-order valence-electron chi connectivity index (χ1n) is 14.5. The molecule has 3 aromatic rings. The maximum Gasteiger partial charge on any atom is 0.258 e. The van der Waals surface area contributed by atoms with E-state index in [4.69, 9.17) is 0 Å². The van der Waals surface area contributed by atoms with Gasteiger partial charge in [0.2, 0.25) is 5.91 Å². The molecule has 5 rings (SSSR count). The van der Waals surface area contributed by atoms with E-state index in [9.17, 15) is 23.2 Å². The molecule has 9 heteroatoms. The van der Waals surface area contributed by atoms with Crippen LogP contribution in [0.4, 0.5) is 20.2 Å². The van der Waals surface area contributed by atoms with Gasteiger partial charge < -0.3 is 20.4 Å². The van der Waals surface area contributed by atoms with E-state index in [0.717, 1.165) is 67.3 Å². The Balaban J connectivity index is 1.29. The zero-order valence-electron chi connectivity index (χ0n) is 24.5. The van der Waals surface area contributed by atoms with Gasteiger partial charge >= 0.3 is 0 Å². The van der Waals surface area contributed by atoms with Crippen molar-refractivity contribution in [3.05, 3.63) is 107 Å². The number of carbonyl (C=O) groups is 3. The minimum atomic E-state index is -0.826. The van der Waals surface area contributed by atoms with E-state index in [1.807, 2.05) is 38.4 Å². The van der Waals surface area contributed by atoms with Crippen LogP contribution in [0.1, 0.15) is 52.0 Å². The second kappa shape index (κ2) is 12.9. The average Bonchev–Trinajstić information content (AvgIpc) is 3.33. The SMILES string of the molecule is CN(C)CCCNC(=O)C1=CC2(CC1)CCN(C(=O)c1ccc(NC(=O)c3cc(F)ccc3F)cc1)c1ccccc1C2. The molecule has 2 N–H and O–H groups in total. The van der Waals surface area contributed by atoms with Gasteiger partial charge in [0.05, 0.1) is 5.56 Å². The number of para-hydroxylation sites is 1. The third-order valence-electron chi connectivity index (χ3n) is 8.20. The summed E-state index contributed by atoms with van der Waals surface area (Å²) in [6, 6.07) is 16.9. The molecule has 224 valence electrons. The Bertz CT molecular complexity index is 1550. The molecule has 7 nitrogen and oxygen atoms in total. The van der Waals surface area contributed by atoms with E-state index < -0.39 is 23.1 Å². The van der Waals surface area contributed by atoms with Crippen molar-refractivity contribution < 1.29 is 23.2 Å². The molecule has 0 saturated carbocycles. The molecule has 2 aliphatic rings. The number of rotatable bonds is 8. The van der Waals surface area contributed by atoms with Gasteiger partial charge in [-0.25, -0.2) is 8.78 Å². The Hall–Kier alpha value is -4.37. The number of carbonyl (C=O) groups excluding carboxylic acids is 3. The average molecular weight is 587 g/mol. The molecule has 1 aliphatic heterocycles. The minimum absolute atomic E-state index is 0.00610. The lowest BCUT2D eigenvalue weighted by Crippen LogP contribution is -2.33. The van der Waals surface area contributed by atoms with Crippen molar-refractivity contribution in [3.63, 3.8) is 0 Å². The van der Waals surface area contributed by atoms with Crippen LogP contribution in [0.3, 0.4) is 0 Å². The van der Waals surface area contributed by atoms with Crippen molar-refractivity contribution in [2.75, 3.05) is 43.9 Å². The molecule has 0 radical (unpaired) electrons. The summed E-state index contributed by atoms with van der Waals surface area (Å²) < 4.78 is 27.5. The van der Waals surface area contributed by atoms with Crippen LogP contribution >= 0.6 is 0 Å². The number of hydrogen-bond donors (Lipinski definition) is 2. The van der Waals surface area contributed by atoms with E-state index in [-0.39, 0.29) is 17.2 Å². The van der Waals surface area contributed by atoms with Crippen LogP contribution in [0.5, 0.6) is 0 Å². The predicted octanol–water partition coefficient (Wildman–Crippen LogP) is 5.58. The van der Waals surface area contributed by atoms with Gasteiger partial charge in [0, 0.05) is 35.6 Å². The molecule has 0 saturated heterocycles. The van der Waals surface area contributed by atoms with Crippen LogP contribution in [0.25, 0.3) is 0 Å². The summed E-state index contributed by atoms with van der Waals surface area (Å²) in [6.45, 7) is 2.04. The fraction of sp³-hybridized carbons (Fsp3) is 0.324. The molecule has 1 spiro atoms. The Morgan fingerprint density at radius 3 is 2.49 bits per heavy atom. The molecular formula is C34H36F2N4O3. The number of nitrogens with zero attached hydrogens (tertiary/aromatic N) is 2. The highest BCUT2D eigenvalue weighted by Crippen LogP contribution is 2.46. The number of benzene rings is 3. The van der Waals surface area contributed by atoms with Crippen LogP contribution in [-0.2, 0) is 11.2 Å². The molecular weight excluding hydrogens is 550 g/mol. The first-order chi connectivity index (χ1) is 20.6. The Morgan fingerprint density at radius 2 is 1.72 bits per heavy atom. The molecule has 1 aliphatic carbocycles. The number of halogens is 2. The number of nitrogens with one attached hydrogen (secondary N) is 2. The Morgan fingerprint density at radius 1 is 0.953 bits per heavy atom. The zero-order chi connectivity index (χ0) is 30.6. The van der Waals surface area contributed by atoms with E-state index in [2.05, 4.69) is 21.6 Å². The minimum Gasteiger partial charge on any atom is -0.352 e. The lowest BCUT2D eigenvalue weighted by molar-refractivity contribution is -0.117. The second-order valence-corrected chi connectivity index (χ2v) is 11.6. The first kappa shape index (κ1) is 30.1. The highest BCUT2D eigenvalue weighted by atomic mass is 19.1. The van der Waals surface area contributed by atoms with Crippen LogP contribution in [0, 0.1) is 17.0 Å². The standard InChI is InChI=1S/C34H36F2N4O3/c1-39(2)18-5-17-37-31(41)25-14-15-34(22-25)16-19-40(30-7-4-3-6-24(30)21-34)33(43)23-8-11-27(12-9-23)38-32(42)28-20-26(35)10-13-29(28)36/h3-4,6-13,20,22H,5,14-19,21H2,1-2H3,(H,37,41)(H,38,42). The summed E-state index contributed by atoms with van der Waals surface area (Å²) in [4.78, 5) is 43.0. The van der Waals surface area contributed by atoms with Crippen LogP contribution in [0.15, 0.2) is 78.4 Å². The Kier molecular flexibility index (Phi) is 9.01. The van der Waals surface area contributed by atoms with Gasteiger partial charge in [-0.15, -0.1) is 0 Å². The molecule has 3 amide bonds. The fourth-order valence-corrected chi connectivity index (χ4v) is 5.90. The third-order valence-corrected chi connectivity index (χ3v) is 8.20. The molecule has 0 bridgehead atoms. The van der Waals surface area contributed by atoms with Crippen molar-refractivity contribution in [3.8, 4) is 0 Å². The molecule has 43 heavy (non-hydrogen) atoms. The van der Waals surface area contributed by atoms with Gasteiger partial charge in [-0.2, -0.15) is 0 Å². The highest BCUT2D eigenvalue weighted by molar-refractivity contribution is 6.08. The van der Waals surface area contributed by atoms with Crippen molar-refractivity contribution in [1.82, 2.24) is 10.2 Å². The lowest BCUT2D eigenvalue weighted by Gasteiger charge is -2.26. The summed E-state index contributed by atoms with van der Waals surface area (Å²) in [6.07, 6.45) is 6.05. The van der Waals surface area contributed by atoms with Gasteiger partial charge in [0.1, 0.15) is 11.6 Å². The van der Waals surface area contributed by atoms with Gasteiger partial charge in [0.25, 0.3) is 11.8 Å². The Labute approximate surface area is 250 Å². The van der Waals surface area contributed by atoms with E-state index >= 15 is 0 Å².